The van der Waals surface area contributed by atoms with E-state index < -0.39 is 10.0 Å². The molecule has 0 saturated carbocycles. The Labute approximate surface area is 118 Å². The number of hydrogen-bond donors (Lipinski definition) is 1. The van der Waals surface area contributed by atoms with E-state index in [4.69, 9.17) is 0 Å². The molecule has 1 aromatic heterocycles. The predicted octanol–water partition coefficient (Wildman–Crippen LogP) is 2.69. The maximum absolute atomic E-state index is 12.0. The second-order valence-corrected chi connectivity index (χ2v) is 7.06. The fourth-order valence-corrected chi connectivity index (χ4v) is 3.43. The van der Waals surface area contributed by atoms with Crippen molar-refractivity contribution in [2.75, 3.05) is 0 Å². The van der Waals surface area contributed by atoms with Crippen LogP contribution in [0.5, 0.6) is 0 Å². The first kappa shape index (κ1) is 13.7. The third kappa shape index (κ3) is 3.17. The van der Waals surface area contributed by atoms with Gasteiger partial charge in [0.15, 0.2) is 0 Å². The Balaban J connectivity index is 2.17. The first-order valence-electron chi connectivity index (χ1n) is 5.12. The van der Waals surface area contributed by atoms with E-state index in [1.807, 2.05) is 12.3 Å². The number of nitrogens with zero attached hydrogens (tertiary/aromatic N) is 1. The van der Waals surface area contributed by atoms with Gasteiger partial charge in [0.05, 0.1) is 22.6 Å². The van der Waals surface area contributed by atoms with Gasteiger partial charge in [0.2, 0.25) is 10.0 Å². The van der Waals surface area contributed by atoms with Crippen LogP contribution >= 0.6 is 27.3 Å². The van der Waals surface area contributed by atoms with Crippen LogP contribution < -0.4 is 4.72 Å². The quantitative estimate of drug-likeness (QED) is 0.925. The fourth-order valence-electron chi connectivity index (χ4n) is 1.32. The zero-order chi connectivity index (χ0) is 13.2. The van der Waals surface area contributed by atoms with Gasteiger partial charge in [-0.3, -0.25) is 0 Å². The number of rotatable bonds is 4. The van der Waals surface area contributed by atoms with Crippen LogP contribution in [0.15, 0.2) is 38.5 Å². The highest BCUT2D eigenvalue weighted by Crippen LogP contribution is 2.20. The minimum Gasteiger partial charge on any atom is -0.248 e. The van der Waals surface area contributed by atoms with Crippen LogP contribution in [0.1, 0.15) is 11.3 Å². The summed E-state index contributed by atoms with van der Waals surface area (Å²) < 4.78 is 27.4. The van der Waals surface area contributed by atoms with Crippen molar-refractivity contribution in [3.05, 3.63) is 44.8 Å². The molecule has 4 nitrogen and oxygen atoms in total. The molecule has 0 radical (unpaired) electrons. The molecule has 0 amide bonds. The maximum atomic E-state index is 12.0. The van der Waals surface area contributed by atoms with Gasteiger partial charge in [-0.1, -0.05) is 22.0 Å². The molecule has 0 spiro atoms. The van der Waals surface area contributed by atoms with Crippen molar-refractivity contribution < 1.29 is 8.42 Å². The summed E-state index contributed by atoms with van der Waals surface area (Å²) in [6.07, 6.45) is 0. The Morgan fingerprint density at radius 1 is 1.44 bits per heavy atom. The van der Waals surface area contributed by atoms with E-state index >= 15 is 0 Å². The lowest BCUT2D eigenvalue weighted by atomic mass is 10.2. The molecule has 2 aromatic rings. The summed E-state index contributed by atoms with van der Waals surface area (Å²) in [5.74, 6) is 0. The summed E-state index contributed by atoms with van der Waals surface area (Å²) in [6.45, 7) is 2.11. The van der Waals surface area contributed by atoms with Gasteiger partial charge in [0.25, 0.3) is 0 Å². The molecular formula is C11H11BrN2O2S2. The third-order valence-electron chi connectivity index (χ3n) is 2.38. The average Bonchev–Trinajstić information content (AvgIpc) is 2.83. The highest BCUT2D eigenvalue weighted by molar-refractivity contribution is 9.10. The van der Waals surface area contributed by atoms with Crippen LogP contribution in [0.25, 0.3) is 0 Å². The number of benzene rings is 1. The Bertz CT molecular complexity index is 639. The van der Waals surface area contributed by atoms with Gasteiger partial charge >= 0.3 is 0 Å². The van der Waals surface area contributed by atoms with E-state index in [0.29, 0.717) is 0 Å². The molecule has 0 atom stereocenters. The Hall–Kier alpha value is -0.760. The first-order valence-corrected chi connectivity index (χ1v) is 8.34. The third-order valence-corrected chi connectivity index (χ3v) is 5.27. The molecule has 1 heterocycles. The lowest BCUT2D eigenvalue weighted by molar-refractivity contribution is 0.580. The van der Waals surface area contributed by atoms with Gasteiger partial charge in [-0.25, -0.2) is 18.1 Å². The summed E-state index contributed by atoms with van der Waals surface area (Å²) in [7, 11) is -3.49. The number of halogens is 1. The molecule has 0 saturated heterocycles. The molecule has 2 rings (SSSR count). The SMILES string of the molecule is Cc1ccc(S(=O)(=O)NCc2cscn2)cc1Br. The standard InChI is InChI=1S/C11H11BrN2O2S2/c1-8-2-3-10(4-11(8)12)18(15,16)14-5-9-6-17-7-13-9/h2-4,6-7,14H,5H2,1H3. The van der Waals surface area contributed by atoms with Crippen LogP contribution in [-0.4, -0.2) is 13.4 Å². The number of thiazole rings is 1. The fraction of sp³-hybridized carbons (Fsp3) is 0.182. The van der Waals surface area contributed by atoms with Gasteiger partial charge in [-0.2, -0.15) is 0 Å². The topological polar surface area (TPSA) is 59.1 Å². The van der Waals surface area contributed by atoms with Crippen molar-refractivity contribution in [1.29, 1.82) is 0 Å². The largest absolute Gasteiger partial charge is 0.248 e. The van der Waals surface area contributed by atoms with E-state index in [0.717, 1.165) is 15.7 Å². The van der Waals surface area contributed by atoms with Gasteiger partial charge in [-0.05, 0) is 24.6 Å². The van der Waals surface area contributed by atoms with Crippen LogP contribution in [0, 0.1) is 6.92 Å². The molecule has 0 aliphatic heterocycles. The van der Waals surface area contributed by atoms with Crippen LogP contribution in [0.2, 0.25) is 0 Å². The molecule has 0 aliphatic carbocycles. The van der Waals surface area contributed by atoms with E-state index in [9.17, 15) is 8.42 Å². The van der Waals surface area contributed by atoms with Gasteiger partial charge in [0, 0.05) is 9.85 Å². The van der Waals surface area contributed by atoms with Crippen molar-refractivity contribution in [2.45, 2.75) is 18.4 Å². The second kappa shape index (κ2) is 5.48. The lowest BCUT2D eigenvalue weighted by Crippen LogP contribution is -2.23. The van der Waals surface area contributed by atoms with Gasteiger partial charge in [-0.15, -0.1) is 11.3 Å². The van der Waals surface area contributed by atoms with Crippen molar-refractivity contribution >= 4 is 37.3 Å². The molecule has 0 bridgehead atoms. The molecule has 0 fully saturated rings. The number of sulfonamides is 1. The normalized spacial score (nSPS) is 11.7. The number of nitrogens with one attached hydrogen (secondary N) is 1. The van der Waals surface area contributed by atoms with Crippen molar-refractivity contribution in [1.82, 2.24) is 9.71 Å². The molecule has 0 unspecified atom stereocenters. The molecule has 1 N–H and O–H groups in total. The van der Waals surface area contributed by atoms with Crippen molar-refractivity contribution in [2.24, 2.45) is 0 Å². The van der Waals surface area contributed by atoms with E-state index in [1.165, 1.54) is 11.3 Å². The second-order valence-electron chi connectivity index (χ2n) is 3.72. The monoisotopic (exact) mass is 346 g/mol. The number of aromatic nitrogens is 1. The van der Waals surface area contributed by atoms with Crippen molar-refractivity contribution in [3.63, 3.8) is 0 Å². The van der Waals surface area contributed by atoms with Gasteiger partial charge in [0.1, 0.15) is 0 Å². The van der Waals surface area contributed by atoms with Crippen LogP contribution in [0.3, 0.4) is 0 Å². The Kier molecular flexibility index (Phi) is 4.16. The van der Waals surface area contributed by atoms with Gasteiger partial charge < -0.3 is 0 Å². The summed E-state index contributed by atoms with van der Waals surface area (Å²) in [5, 5.41) is 1.81. The van der Waals surface area contributed by atoms with Crippen LogP contribution in [0.4, 0.5) is 0 Å². The predicted molar refractivity (Wildman–Crippen MR) is 75.0 cm³/mol. The molecular weight excluding hydrogens is 336 g/mol. The smallest absolute Gasteiger partial charge is 0.240 e. The number of aryl methyl sites for hydroxylation is 1. The summed E-state index contributed by atoms with van der Waals surface area (Å²) in [5.41, 5.74) is 3.38. The molecule has 7 heteroatoms. The average molecular weight is 347 g/mol. The minimum atomic E-state index is -3.49. The number of hydrogen-bond acceptors (Lipinski definition) is 4. The first-order chi connectivity index (χ1) is 8.49. The summed E-state index contributed by atoms with van der Waals surface area (Å²) in [6, 6.07) is 4.95. The summed E-state index contributed by atoms with van der Waals surface area (Å²) >= 11 is 4.76. The van der Waals surface area contributed by atoms with Crippen molar-refractivity contribution in [3.8, 4) is 0 Å². The Morgan fingerprint density at radius 2 is 2.22 bits per heavy atom. The molecule has 1 aromatic carbocycles. The van der Waals surface area contributed by atoms with E-state index in [1.54, 1.807) is 23.7 Å². The highest BCUT2D eigenvalue weighted by Gasteiger charge is 2.14. The maximum Gasteiger partial charge on any atom is 0.240 e. The zero-order valence-corrected chi connectivity index (χ0v) is 12.8. The molecule has 96 valence electrons. The highest BCUT2D eigenvalue weighted by atomic mass is 79.9. The summed E-state index contributed by atoms with van der Waals surface area (Å²) in [4.78, 5) is 4.27. The zero-order valence-electron chi connectivity index (χ0n) is 9.55. The lowest BCUT2D eigenvalue weighted by Gasteiger charge is -2.07. The molecule has 0 aliphatic rings. The molecule has 18 heavy (non-hydrogen) atoms. The van der Waals surface area contributed by atoms with E-state index in [2.05, 4.69) is 25.6 Å². The van der Waals surface area contributed by atoms with E-state index in [-0.39, 0.29) is 11.4 Å². The Morgan fingerprint density at radius 3 is 2.83 bits per heavy atom. The minimum absolute atomic E-state index is 0.206. The van der Waals surface area contributed by atoms with Crippen LogP contribution in [-0.2, 0) is 16.6 Å².